The van der Waals surface area contributed by atoms with Crippen LogP contribution in [0.4, 0.5) is 5.69 Å². The van der Waals surface area contributed by atoms with Gasteiger partial charge in [-0.05, 0) is 13.8 Å². The fraction of sp³-hybridized carbons (Fsp3) is 0.625. The molecular formula is C8H14N2O2. The summed E-state index contributed by atoms with van der Waals surface area (Å²) in [5, 5.41) is 6.87. The highest BCUT2D eigenvalue weighted by atomic mass is 16.5. The van der Waals surface area contributed by atoms with Crippen molar-refractivity contribution >= 4 is 5.69 Å². The Morgan fingerprint density at radius 3 is 3.00 bits per heavy atom. The van der Waals surface area contributed by atoms with Gasteiger partial charge in [0.25, 0.3) is 0 Å². The largest absolute Gasteiger partial charge is 0.383 e. The van der Waals surface area contributed by atoms with Crippen LogP contribution in [0.5, 0.6) is 0 Å². The molecule has 1 heterocycles. The predicted octanol–water partition coefficient (Wildman–Crippen LogP) is 1.43. The van der Waals surface area contributed by atoms with E-state index in [0.29, 0.717) is 6.61 Å². The lowest BCUT2D eigenvalue weighted by atomic mass is 10.3. The van der Waals surface area contributed by atoms with E-state index in [9.17, 15) is 0 Å². The Bertz CT molecular complexity index is 235. The third-order valence-corrected chi connectivity index (χ3v) is 1.57. The van der Waals surface area contributed by atoms with Crippen molar-refractivity contribution < 1.29 is 9.26 Å². The minimum atomic E-state index is 0.271. The van der Waals surface area contributed by atoms with Crippen LogP contribution in [-0.2, 0) is 4.74 Å². The molecule has 0 aliphatic carbocycles. The smallest absolute Gasteiger partial charge is 0.156 e. The van der Waals surface area contributed by atoms with Gasteiger partial charge in [0.05, 0.1) is 18.5 Å². The molecule has 1 aromatic rings. The van der Waals surface area contributed by atoms with E-state index in [1.165, 1.54) is 0 Å². The lowest BCUT2D eigenvalue weighted by molar-refractivity contribution is 0.190. The summed E-state index contributed by atoms with van der Waals surface area (Å²) in [4.78, 5) is 0. The molecule has 1 unspecified atom stereocenters. The summed E-state index contributed by atoms with van der Waals surface area (Å²) in [6.07, 6.45) is 1.67. The molecule has 68 valence electrons. The molecule has 0 saturated carbocycles. The number of nitrogens with one attached hydrogen (secondary N) is 1. The molecule has 0 radical (unpaired) electrons. The average Bonchev–Trinajstić information content (AvgIpc) is 2.37. The fourth-order valence-electron chi connectivity index (χ4n) is 0.994. The molecule has 4 heteroatoms. The van der Waals surface area contributed by atoms with Crippen LogP contribution in [0, 0.1) is 6.92 Å². The monoisotopic (exact) mass is 170 g/mol. The Morgan fingerprint density at radius 1 is 1.75 bits per heavy atom. The number of hydrogen-bond donors (Lipinski definition) is 1. The first-order valence-electron chi connectivity index (χ1n) is 3.90. The molecule has 1 atom stereocenters. The second kappa shape index (κ2) is 4.11. The lowest BCUT2D eigenvalue weighted by Gasteiger charge is -2.11. The third kappa shape index (κ3) is 2.23. The minimum Gasteiger partial charge on any atom is -0.383 e. The summed E-state index contributed by atoms with van der Waals surface area (Å²) in [6.45, 7) is 4.58. The van der Waals surface area contributed by atoms with E-state index in [-0.39, 0.29) is 6.04 Å². The van der Waals surface area contributed by atoms with Crippen molar-refractivity contribution in [3.63, 3.8) is 0 Å². The summed E-state index contributed by atoms with van der Waals surface area (Å²) in [5.41, 5.74) is 0.930. The molecule has 0 aromatic carbocycles. The molecule has 4 nitrogen and oxygen atoms in total. The van der Waals surface area contributed by atoms with Crippen LogP contribution in [-0.4, -0.2) is 24.9 Å². The highest BCUT2D eigenvalue weighted by Crippen LogP contribution is 2.13. The Labute approximate surface area is 71.9 Å². The summed E-state index contributed by atoms with van der Waals surface area (Å²) in [6, 6.07) is 0.271. The Kier molecular flexibility index (Phi) is 3.10. The van der Waals surface area contributed by atoms with Gasteiger partial charge in [0.15, 0.2) is 5.76 Å². The van der Waals surface area contributed by atoms with Crippen molar-refractivity contribution in [2.45, 2.75) is 19.9 Å². The number of aromatic nitrogens is 1. The van der Waals surface area contributed by atoms with Gasteiger partial charge in [-0.25, -0.2) is 0 Å². The van der Waals surface area contributed by atoms with E-state index in [2.05, 4.69) is 10.5 Å². The number of ether oxygens (including phenoxy) is 1. The van der Waals surface area contributed by atoms with E-state index < -0.39 is 0 Å². The molecule has 0 spiro atoms. The first-order valence-corrected chi connectivity index (χ1v) is 3.90. The van der Waals surface area contributed by atoms with Gasteiger partial charge in [-0.15, -0.1) is 0 Å². The van der Waals surface area contributed by atoms with Crippen molar-refractivity contribution in [3.8, 4) is 0 Å². The number of hydrogen-bond acceptors (Lipinski definition) is 4. The number of aryl methyl sites for hydroxylation is 1. The van der Waals surface area contributed by atoms with Crippen molar-refractivity contribution in [2.24, 2.45) is 0 Å². The Hall–Kier alpha value is -1.03. The molecule has 1 rings (SSSR count). The molecule has 0 saturated heterocycles. The van der Waals surface area contributed by atoms with Crippen molar-refractivity contribution in [1.29, 1.82) is 0 Å². The second-order valence-corrected chi connectivity index (χ2v) is 2.80. The Balaban J connectivity index is 2.46. The van der Waals surface area contributed by atoms with Crippen molar-refractivity contribution in [1.82, 2.24) is 5.16 Å². The topological polar surface area (TPSA) is 47.3 Å². The number of anilines is 1. The van der Waals surface area contributed by atoms with E-state index in [1.807, 2.05) is 13.8 Å². The fourth-order valence-corrected chi connectivity index (χ4v) is 0.994. The zero-order chi connectivity index (χ0) is 8.97. The van der Waals surface area contributed by atoms with Crippen molar-refractivity contribution in [3.05, 3.63) is 12.0 Å². The molecule has 1 N–H and O–H groups in total. The van der Waals surface area contributed by atoms with Gasteiger partial charge in [0.1, 0.15) is 0 Å². The quantitative estimate of drug-likeness (QED) is 0.742. The average molecular weight is 170 g/mol. The summed E-state index contributed by atoms with van der Waals surface area (Å²) < 4.78 is 9.87. The van der Waals surface area contributed by atoms with Crippen LogP contribution in [0.1, 0.15) is 12.7 Å². The Morgan fingerprint density at radius 2 is 2.50 bits per heavy atom. The maximum absolute atomic E-state index is 4.98. The highest BCUT2D eigenvalue weighted by Gasteiger charge is 2.05. The van der Waals surface area contributed by atoms with Gasteiger partial charge in [-0.2, -0.15) is 0 Å². The normalized spacial score (nSPS) is 12.9. The van der Waals surface area contributed by atoms with Crippen LogP contribution >= 0.6 is 0 Å². The molecule has 12 heavy (non-hydrogen) atoms. The van der Waals surface area contributed by atoms with Gasteiger partial charge in [-0.3, -0.25) is 0 Å². The number of rotatable bonds is 4. The van der Waals surface area contributed by atoms with Crippen LogP contribution in [0.15, 0.2) is 10.7 Å². The van der Waals surface area contributed by atoms with Gasteiger partial charge in [0, 0.05) is 13.2 Å². The number of nitrogens with zero attached hydrogens (tertiary/aromatic N) is 1. The van der Waals surface area contributed by atoms with Crippen LogP contribution < -0.4 is 5.32 Å². The van der Waals surface area contributed by atoms with Crippen LogP contribution in [0.25, 0.3) is 0 Å². The van der Waals surface area contributed by atoms with E-state index in [4.69, 9.17) is 9.26 Å². The van der Waals surface area contributed by atoms with Crippen LogP contribution in [0.2, 0.25) is 0 Å². The molecule has 0 aliphatic rings. The van der Waals surface area contributed by atoms with Gasteiger partial charge >= 0.3 is 0 Å². The zero-order valence-corrected chi connectivity index (χ0v) is 7.63. The SMILES string of the molecule is COCC(C)Nc1cnoc1C. The maximum Gasteiger partial charge on any atom is 0.156 e. The molecule has 0 amide bonds. The second-order valence-electron chi connectivity index (χ2n) is 2.80. The van der Waals surface area contributed by atoms with Crippen LogP contribution in [0.3, 0.4) is 0 Å². The standard InChI is InChI=1S/C8H14N2O2/c1-6(5-11-3)10-8-4-9-12-7(8)2/h4,6,10H,5H2,1-3H3. The van der Waals surface area contributed by atoms with Gasteiger partial charge in [-0.1, -0.05) is 5.16 Å². The maximum atomic E-state index is 4.98. The summed E-state index contributed by atoms with van der Waals surface area (Å²) >= 11 is 0. The third-order valence-electron chi connectivity index (χ3n) is 1.57. The van der Waals surface area contributed by atoms with Gasteiger partial charge in [0.2, 0.25) is 0 Å². The van der Waals surface area contributed by atoms with Crippen molar-refractivity contribution in [2.75, 3.05) is 19.0 Å². The predicted molar refractivity (Wildman–Crippen MR) is 46.2 cm³/mol. The molecule has 1 aromatic heterocycles. The summed E-state index contributed by atoms with van der Waals surface area (Å²) in [5.74, 6) is 0.804. The first-order chi connectivity index (χ1) is 5.74. The van der Waals surface area contributed by atoms with E-state index in [0.717, 1.165) is 11.4 Å². The highest BCUT2D eigenvalue weighted by molar-refractivity contribution is 5.44. The number of methoxy groups -OCH3 is 1. The molecule has 0 bridgehead atoms. The minimum absolute atomic E-state index is 0.271. The first kappa shape index (κ1) is 9.06. The summed E-state index contributed by atoms with van der Waals surface area (Å²) in [7, 11) is 1.68. The lowest BCUT2D eigenvalue weighted by Crippen LogP contribution is -2.20. The molecular weight excluding hydrogens is 156 g/mol. The molecule has 0 fully saturated rings. The van der Waals surface area contributed by atoms with E-state index in [1.54, 1.807) is 13.3 Å². The zero-order valence-electron chi connectivity index (χ0n) is 7.63. The molecule has 0 aliphatic heterocycles. The van der Waals surface area contributed by atoms with E-state index >= 15 is 0 Å². The van der Waals surface area contributed by atoms with Gasteiger partial charge < -0.3 is 14.6 Å².